The summed E-state index contributed by atoms with van der Waals surface area (Å²) in [5.41, 5.74) is 2.70. The van der Waals surface area contributed by atoms with Gasteiger partial charge in [0.15, 0.2) is 0 Å². The molecule has 20 heavy (non-hydrogen) atoms. The summed E-state index contributed by atoms with van der Waals surface area (Å²) in [6, 6.07) is 1.83. The van der Waals surface area contributed by atoms with E-state index in [4.69, 9.17) is 0 Å². The van der Waals surface area contributed by atoms with Gasteiger partial charge in [0.25, 0.3) is 0 Å². The third kappa shape index (κ3) is 1.94. The molecule has 5 nitrogen and oxygen atoms in total. The Labute approximate surface area is 117 Å². The number of amides is 2. The maximum atomic E-state index is 12.5. The summed E-state index contributed by atoms with van der Waals surface area (Å²) in [5.74, 6) is -0.566. The van der Waals surface area contributed by atoms with Crippen LogP contribution in [0, 0.1) is 25.7 Å². The molecule has 2 atom stereocenters. The Morgan fingerprint density at radius 3 is 2.30 bits per heavy atom. The molecule has 1 aromatic heterocycles. The Hall–Kier alpha value is -2.04. The van der Waals surface area contributed by atoms with E-state index in [0.717, 1.165) is 11.4 Å². The maximum Gasteiger partial charge on any atom is 0.240 e. The van der Waals surface area contributed by atoms with Gasteiger partial charge in [0, 0.05) is 11.4 Å². The van der Waals surface area contributed by atoms with Crippen LogP contribution in [0.15, 0.2) is 17.7 Å². The molecule has 0 unspecified atom stereocenters. The lowest BCUT2D eigenvalue weighted by Crippen LogP contribution is -2.32. The van der Waals surface area contributed by atoms with Crippen LogP contribution >= 0.6 is 0 Å². The maximum absolute atomic E-state index is 12.5. The first-order chi connectivity index (χ1) is 9.47. The summed E-state index contributed by atoms with van der Waals surface area (Å²) in [6.45, 7) is 5.67. The van der Waals surface area contributed by atoms with E-state index in [1.807, 2.05) is 26.8 Å². The number of carbonyl (C=O) groups is 2. The number of anilines is 1. The van der Waals surface area contributed by atoms with Gasteiger partial charge < -0.3 is 0 Å². The second kappa shape index (κ2) is 4.51. The van der Waals surface area contributed by atoms with E-state index in [-0.39, 0.29) is 29.6 Å². The molecule has 0 aromatic carbocycles. The molecule has 2 amide bonds. The van der Waals surface area contributed by atoms with E-state index >= 15 is 0 Å². The SMILES string of the molecule is CC1=CC[C@H]2C(=O)N(c3nc(C)cc(C)n3)C(=O)[C@@H]2C1. The third-order valence-corrected chi connectivity index (χ3v) is 3.99. The zero-order chi connectivity index (χ0) is 14.4. The second-order valence-corrected chi connectivity index (χ2v) is 5.67. The van der Waals surface area contributed by atoms with Crippen LogP contribution in [0.25, 0.3) is 0 Å². The van der Waals surface area contributed by atoms with Crippen LogP contribution in [0.3, 0.4) is 0 Å². The van der Waals surface area contributed by atoms with Crippen molar-refractivity contribution in [1.29, 1.82) is 0 Å². The molecule has 1 saturated heterocycles. The van der Waals surface area contributed by atoms with Crippen LogP contribution < -0.4 is 4.90 Å². The van der Waals surface area contributed by atoms with Gasteiger partial charge in [0.1, 0.15) is 0 Å². The minimum absolute atomic E-state index is 0.155. The molecule has 2 aliphatic rings. The van der Waals surface area contributed by atoms with Crippen molar-refractivity contribution in [3.05, 3.63) is 29.1 Å². The molecule has 1 aromatic rings. The van der Waals surface area contributed by atoms with E-state index in [1.165, 1.54) is 10.5 Å². The van der Waals surface area contributed by atoms with Crippen molar-refractivity contribution in [3.8, 4) is 0 Å². The molecule has 1 aliphatic carbocycles. The van der Waals surface area contributed by atoms with E-state index < -0.39 is 0 Å². The predicted molar refractivity (Wildman–Crippen MR) is 74.0 cm³/mol. The third-order valence-electron chi connectivity index (χ3n) is 3.99. The highest BCUT2D eigenvalue weighted by Gasteiger charge is 2.49. The number of hydrogen-bond donors (Lipinski definition) is 0. The molecular formula is C15H17N3O2. The molecule has 0 saturated carbocycles. The number of rotatable bonds is 1. The second-order valence-electron chi connectivity index (χ2n) is 5.67. The van der Waals surface area contributed by atoms with Crippen LogP contribution in [0.5, 0.6) is 0 Å². The summed E-state index contributed by atoms with van der Waals surface area (Å²) in [5, 5.41) is 0. The lowest BCUT2D eigenvalue weighted by molar-refractivity contribution is -0.122. The lowest BCUT2D eigenvalue weighted by atomic mass is 9.82. The van der Waals surface area contributed by atoms with E-state index in [9.17, 15) is 9.59 Å². The molecule has 2 heterocycles. The number of fused-ring (bicyclic) bond motifs is 1. The Balaban J connectivity index is 2.00. The van der Waals surface area contributed by atoms with Gasteiger partial charge >= 0.3 is 0 Å². The summed E-state index contributed by atoms with van der Waals surface area (Å²) < 4.78 is 0. The lowest BCUT2D eigenvalue weighted by Gasteiger charge is -2.18. The largest absolute Gasteiger partial charge is 0.274 e. The highest BCUT2D eigenvalue weighted by molar-refractivity contribution is 6.21. The Bertz CT molecular complexity index is 616. The van der Waals surface area contributed by atoms with Crippen molar-refractivity contribution in [2.75, 3.05) is 4.90 Å². The van der Waals surface area contributed by atoms with Gasteiger partial charge in [0.05, 0.1) is 11.8 Å². The molecule has 0 bridgehead atoms. The number of aryl methyl sites for hydroxylation is 2. The highest BCUT2D eigenvalue weighted by atomic mass is 16.2. The van der Waals surface area contributed by atoms with Crippen molar-refractivity contribution in [1.82, 2.24) is 9.97 Å². The molecule has 0 radical (unpaired) electrons. The van der Waals surface area contributed by atoms with E-state index in [2.05, 4.69) is 16.0 Å². The normalized spacial score (nSPS) is 25.8. The monoisotopic (exact) mass is 271 g/mol. The summed E-state index contributed by atoms with van der Waals surface area (Å²) in [6.07, 6.45) is 3.36. The van der Waals surface area contributed by atoms with Gasteiger partial charge in [-0.05, 0) is 39.7 Å². The number of carbonyl (C=O) groups excluding carboxylic acids is 2. The number of nitrogens with zero attached hydrogens (tertiary/aromatic N) is 3. The molecule has 0 spiro atoms. The van der Waals surface area contributed by atoms with Crippen molar-refractivity contribution >= 4 is 17.8 Å². The molecule has 1 aliphatic heterocycles. The van der Waals surface area contributed by atoms with Crippen LogP contribution in [0.1, 0.15) is 31.2 Å². The van der Waals surface area contributed by atoms with Gasteiger partial charge in [-0.15, -0.1) is 0 Å². The summed E-state index contributed by atoms with van der Waals surface area (Å²) in [4.78, 5) is 34.7. The van der Waals surface area contributed by atoms with Crippen molar-refractivity contribution < 1.29 is 9.59 Å². The minimum atomic E-state index is -0.240. The molecule has 0 N–H and O–H groups in total. The standard InChI is InChI=1S/C15H17N3O2/c1-8-4-5-11-12(6-8)14(20)18(13(11)19)15-16-9(2)7-10(3)17-15/h4,7,11-12H,5-6H2,1-3H3/t11-,12-/m1/s1. The zero-order valence-electron chi connectivity index (χ0n) is 11.9. The number of hydrogen-bond acceptors (Lipinski definition) is 4. The van der Waals surface area contributed by atoms with Crippen LogP contribution in [0.4, 0.5) is 5.95 Å². The smallest absolute Gasteiger partial charge is 0.240 e. The minimum Gasteiger partial charge on any atom is -0.274 e. The van der Waals surface area contributed by atoms with Crippen LogP contribution in [-0.4, -0.2) is 21.8 Å². The first kappa shape index (κ1) is 13.0. The van der Waals surface area contributed by atoms with Crippen LogP contribution in [-0.2, 0) is 9.59 Å². The Morgan fingerprint density at radius 2 is 1.65 bits per heavy atom. The highest BCUT2D eigenvalue weighted by Crippen LogP contribution is 2.38. The van der Waals surface area contributed by atoms with Gasteiger partial charge in [-0.3, -0.25) is 9.59 Å². The fourth-order valence-electron chi connectivity index (χ4n) is 3.04. The molecule has 3 rings (SSSR count). The fraction of sp³-hybridized carbons (Fsp3) is 0.467. The summed E-state index contributed by atoms with van der Waals surface area (Å²) >= 11 is 0. The average molecular weight is 271 g/mol. The van der Waals surface area contributed by atoms with Gasteiger partial charge in [0.2, 0.25) is 17.8 Å². The average Bonchev–Trinajstić information content (AvgIpc) is 2.60. The van der Waals surface area contributed by atoms with Crippen molar-refractivity contribution in [2.24, 2.45) is 11.8 Å². The van der Waals surface area contributed by atoms with Gasteiger partial charge in [-0.25, -0.2) is 14.9 Å². The number of imide groups is 1. The molecule has 1 fully saturated rings. The molecule has 104 valence electrons. The van der Waals surface area contributed by atoms with Gasteiger partial charge in [-0.2, -0.15) is 0 Å². The van der Waals surface area contributed by atoms with Crippen molar-refractivity contribution in [2.45, 2.75) is 33.6 Å². The fourth-order valence-corrected chi connectivity index (χ4v) is 3.04. The van der Waals surface area contributed by atoms with Crippen LogP contribution in [0.2, 0.25) is 0 Å². The Morgan fingerprint density at radius 1 is 1.05 bits per heavy atom. The van der Waals surface area contributed by atoms with E-state index in [0.29, 0.717) is 12.8 Å². The molecule has 5 heteroatoms. The number of aromatic nitrogens is 2. The number of allylic oxidation sites excluding steroid dienone is 2. The molecular weight excluding hydrogens is 254 g/mol. The quantitative estimate of drug-likeness (QED) is 0.578. The van der Waals surface area contributed by atoms with Gasteiger partial charge in [-0.1, -0.05) is 11.6 Å². The Kier molecular flexibility index (Phi) is 2.92. The topological polar surface area (TPSA) is 63.2 Å². The first-order valence-corrected chi connectivity index (χ1v) is 6.83. The summed E-state index contributed by atoms with van der Waals surface area (Å²) in [7, 11) is 0. The van der Waals surface area contributed by atoms with Crippen molar-refractivity contribution in [3.63, 3.8) is 0 Å². The zero-order valence-corrected chi connectivity index (χ0v) is 11.9. The first-order valence-electron chi connectivity index (χ1n) is 6.83. The van der Waals surface area contributed by atoms with E-state index in [1.54, 1.807) is 0 Å². The predicted octanol–water partition coefficient (Wildman–Crippen LogP) is 1.94.